The number of anilines is 3. The van der Waals surface area contributed by atoms with Crippen LogP contribution in [0.15, 0.2) is 36.7 Å². The molecule has 0 aliphatic carbocycles. The molecule has 1 aliphatic heterocycles. The maximum atomic E-state index is 11.3. The molecule has 12 heteroatoms. The molecule has 0 radical (unpaired) electrons. The van der Waals surface area contributed by atoms with Gasteiger partial charge in [-0.3, -0.25) is 9.48 Å². The fraction of sp³-hybridized carbons (Fsp3) is 0.400. The average molecular weight is 524 g/mol. The summed E-state index contributed by atoms with van der Waals surface area (Å²) in [6.45, 7) is 9.01. The molecule has 1 amide bonds. The second kappa shape index (κ2) is 10.0. The zero-order chi connectivity index (χ0) is 26.2. The van der Waals surface area contributed by atoms with Gasteiger partial charge in [-0.05, 0) is 6.07 Å². The maximum absolute atomic E-state index is 11.3. The molecule has 37 heavy (non-hydrogen) atoms. The lowest BCUT2D eigenvalue weighted by atomic mass is 9.91. The third-order valence-corrected chi connectivity index (χ3v) is 6.76. The zero-order valence-corrected chi connectivity index (χ0v) is 22.1. The molecule has 5 heterocycles. The Morgan fingerprint density at radius 3 is 2.76 bits per heavy atom. The van der Waals surface area contributed by atoms with Crippen molar-refractivity contribution >= 4 is 44.4 Å². The number of pyridine rings is 2. The van der Waals surface area contributed by atoms with E-state index in [1.54, 1.807) is 31.6 Å². The SMILES string of the molecule is COC1COCC1n1nc(Nc2nc3ncc(Oc4ccnc(NC(C)=O)c4)cc3s2)cc1C(C)(C)C. The molecule has 0 bridgehead atoms. The highest BCUT2D eigenvalue weighted by Crippen LogP contribution is 2.35. The van der Waals surface area contributed by atoms with Crippen molar-refractivity contribution in [3.63, 3.8) is 0 Å². The molecular weight excluding hydrogens is 494 g/mol. The van der Waals surface area contributed by atoms with E-state index in [1.807, 2.05) is 10.7 Å². The molecule has 0 saturated carbocycles. The van der Waals surface area contributed by atoms with Crippen molar-refractivity contribution < 1.29 is 19.0 Å². The van der Waals surface area contributed by atoms with Crippen LogP contribution < -0.4 is 15.4 Å². The molecular formula is C25H29N7O4S. The van der Waals surface area contributed by atoms with Gasteiger partial charge in [-0.2, -0.15) is 10.1 Å². The Morgan fingerprint density at radius 2 is 2.00 bits per heavy atom. The van der Waals surface area contributed by atoms with Crippen molar-refractivity contribution in [1.29, 1.82) is 0 Å². The van der Waals surface area contributed by atoms with Crippen LogP contribution in [0.2, 0.25) is 0 Å². The number of nitrogens with one attached hydrogen (secondary N) is 2. The summed E-state index contributed by atoms with van der Waals surface area (Å²) in [6.07, 6.45) is 3.13. The van der Waals surface area contributed by atoms with Crippen LogP contribution in [-0.2, 0) is 19.7 Å². The zero-order valence-electron chi connectivity index (χ0n) is 21.3. The molecule has 2 atom stereocenters. The van der Waals surface area contributed by atoms with Crippen LogP contribution in [0.4, 0.5) is 16.8 Å². The van der Waals surface area contributed by atoms with Crippen LogP contribution in [0.5, 0.6) is 11.5 Å². The number of rotatable bonds is 7. The smallest absolute Gasteiger partial charge is 0.222 e. The molecule has 2 unspecified atom stereocenters. The lowest BCUT2D eigenvalue weighted by Gasteiger charge is -2.25. The Labute approximate surface area is 218 Å². The molecule has 5 rings (SSSR count). The normalized spacial score (nSPS) is 17.8. The van der Waals surface area contributed by atoms with Gasteiger partial charge in [0.15, 0.2) is 16.6 Å². The molecule has 11 nitrogen and oxygen atoms in total. The fourth-order valence-corrected chi connectivity index (χ4v) is 4.99. The molecule has 0 aromatic carbocycles. The Bertz CT molecular complexity index is 1430. The van der Waals surface area contributed by atoms with E-state index in [4.69, 9.17) is 19.3 Å². The van der Waals surface area contributed by atoms with E-state index < -0.39 is 0 Å². The number of fused-ring (bicyclic) bond motifs is 1. The van der Waals surface area contributed by atoms with Crippen molar-refractivity contribution in [2.75, 3.05) is 31.0 Å². The van der Waals surface area contributed by atoms with Crippen molar-refractivity contribution in [3.8, 4) is 11.5 Å². The highest BCUT2D eigenvalue weighted by Gasteiger charge is 2.34. The van der Waals surface area contributed by atoms with Crippen molar-refractivity contribution in [2.45, 2.75) is 45.3 Å². The summed E-state index contributed by atoms with van der Waals surface area (Å²) in [5.41, 5.74) is 1.56. The molecule has 0 spiro atoms. The summed E-state index contributed by atoms with van der Waals surface area (Å²) < 4.78 is 20.1. The number of amides is 1. The number of methoxy groups -OCH3 is 1. The predicted molar refractivity (Wildman–Crippen MR) is 141 cm³/mol. The van der Waals surface area contributed by atoms with Gasteiger partial charge in [0.1, 0.15) is 29.5 Å². The number of ether oxygens (including phenoxy) is 3. The largest absolute Gasteiger partial charge is 0.455 e. The molecule has 1 aliphatic rings. The summed E-state index contributed by atoms with van der Waals surface area (Å²) in [6, 6.07) is 7.29. The minimum atomic E-state index is -0.202. The highest BCUT2D eigenvalue weighted by atomic mass is 32.1. The van der Waals surface area contributed by atoms with Crippen LogP contribution in [0.3, 0.4) is 0 Å². The Hall–Kier alpha value is -3.61. The number of carbonyl (C=O) groups excluding carboxylic acids is 1. The number of nitrogens with zero attached hydrogens (tertiary/aromatic N) is 5. The lowest BCUT2D eigenvalue weighted by molar-refractivity contribution is -0.114. The van der Waals surface area contributed by atoms with Gasteiger partial charge in [0.2, 0.25) is 5.91 Å². The van der Waals surface area contributed by atoms with Gasteiger partial charge in [0.25, 0.3) is 0 Å². The lowest BCUT2D eigenvalue weighted by Crippen LogP contribution is -2.29. The van der Waals surface area contributed by atoms with Crippen LogP contribution in [0, 0.1) is 0 Å². The van der Waals surface area contributed by atoms with Crippen LogP contribution in [0.25, 0.3) is 10.3 Å². The summed E-state index contributed by atoms with van der Waals surface area (Å²) in [4.78, 5) is 24.5. The Kier molecular flexibility index (Phi) is 6.80. The van der Waals surface area contributed by atoms with E-state index in [1.165, 1.54) is 18.3 Å². The average Bonchev–Trinajstić information content (AvgIpc) is 3.55. The summed E-state index contributed by atoms with van der Waals surface area (Å²) >= 11 is 1.46. The molecule has 1 fully saturated rings. The summed E-state index contributed by atoms with van der Waals surface area (Å²) in [7, 11) is 1.70. The van der Waals surface area contributed by atoms with E-state index in [9.17, 15) is 4.79 Å². The van der Waals surface area contributed by atoms with Gasteiger partial charge in [0, 0.05) is 49.5 Å². The Balaban J connectivity index is 1.37. The quantitative estimate of drug-likeness (QED) is 0.356. The van der Waals surface area contributed by atoms with E-state index in [0.29, 0.717) is 47.1 Å². The number of carbonyl (C=O) groups is 1. The molecule has 194 valence electrons. The highest BCUT2D eigenvalue weighted by molar-refractivity contribution is 7.22. The molecule has 2 N–H and O–H groups in total. The van der Waals surface area contributed by atoms with Gasteiger partial charge >= 0.3 is 0 Å². The number of hydrogen-bond donors (Lipinski definition) is 2. The van der Waals surface area contributed by atoms with Crippen LogP contribution >= 0.6 is 11.3 Å². The fourth-order valence-electron chi connectivity index (χ4n) is 4.12. The Morgan fingerprint density at radius 1 is 1.16 bits per heavy atom. The van der Waals surface area contributed by atoms with Crippen molar-refractivity contribution in [1.82, 2.24) is 24.7 Å². The first-order valence-corrected chi connectivity index (χ1v) is 12.7. The minimum absolute atomic E-state index is 0.00543. The number of aromatic nitrogens is 5. The van der Waals surface area contributed by atoms with Crippen molar-refractivity contribution in [3.05, 3.63) is 42.4 Å². The van der Waals surface area contributed by atoms with Gasteiger partial charge in [0.05, 0.1) is 24.1 Å². The van der Waals surface area contributed by atoms with E-state index in [0.717, 1.165) is 10.4 Å². The predicted octanol–water partition coefficient (Wildman–Crippen LogP) is 4.66. The van der Waals surface area contributed by atoms with Gasteiger partial charge in [-0.15, -0.1) is 0 Å². The third-order valence-electron chi connectivity index (χ3n) is 5.85. The van der Waals surface area contributed by atoms with Crippen molar-refractivity contribution in [2.24, 2.45) is 0 Å². The first kappa shape index (κ1) is 25.1. The second-order valence-electron chi connectivity index (χ2n) is 9.79. The second-order valence-corrected chi connectivity index (χ2v) is 10.8. The summed E-state index contributed by atoms with van der Waals surface area (Å²) in [5.74, 6) is 2.00. The summed E-state index contributed by atoms with van der Waals surface area (Å²) in [5, 5.41) is 11.5. The molecule has 1 saturated heterocycles. The van der Waals surface area contributed by atoms with E-state index >= 15 is 0 Å². The standard InChI is InChI=1S/C25H29N7O4S/c1-14(33)28-21-9-15(6-7-26-21)36-16-8-19-23(27-11-16)30-24(37-19)29-22-10-20(25(2,3)4)32(31-22)17-12-35-13-18(17)34-5/h6-11,17-18H,12-13H2,1-5H3,(H,26,28,33)(H,27,29,30,31). The minimum Gasteiger partial charge on any atom is -0.455 e. The number of thiazole rings is 1. The maximum Gasteiger partial charge on any atom is 0.222 e. The first-order valence-electron chi connectivity index (χ1n) is 11.9. The van der Waals surface area contributed by atoms with Gasteiger partial charge in [-0.25, -0.2) is 9.97 Å². The number of hydrogen-bond acceptors (Lipinski definition) is 10. The molecule has 4 aromatic heterocycles. The van der Waals surface area contributed by atoms with E-state index in [-0.39, 0.29) is 23.5 Å². The topological polar surface area (TPSA) is 125 Å². The molecule has 4 aromatic rings. The monoisotopic (exact) mass is 523 g/mol. The van der Waals surface area contributed by atoms with Crippen LogP contribution in [-0.4, -0.2) is 57.1 Å². The first-order chi connectivity index (χ1) is 17.7. The van der Waals surface area contributed by atoms with E-state index in [2.05, 4.69) is 52.4 Å². The third kappa shape index (κ3) is 5.55. The van der Waals surface area contributed by atoms with Crippen LogP contribution in [0.1, 0.15) is 39.4 Å². The van der Waals surface area contributed by atoms with Gasteiger partial charge < -0.3 is 24.8 Å². The van der Waals surface area contributed by atoms with Gasteiger partial charge in [-0.1, -0.05) is 32.1 Å².